The third-order valence-corrected chi connectivity index (χ3v) is 3.61. The third kappa shape index (κ3) is 3.36. The van der Waals surface area contributed by atoms with E-state index in [0.29, 0.717) is 11.1 Å². The van der Waals surface area contributed by atoms with Crippen LogP contribution < -0.4 is 16.0 Å². The number of ether oxygens (including phenoxy) is 1. The molecule has 3 nitrogen and oxygen atoms in total. The molecule has 20 heavy (non-hydrogen) atoms. The lowest BCUT2D eigenvalue weighted by molar-refractivity contribution is 0.340. The summed E-state index contributed by atoms with van der Waals surface area (Å²) < 4.78 is 19.5. The third-order valence-electron chi connectivity index (χ3n) is 2.97. The molecule has 0 aliphatic heterocycles. The van der Waals surface area contributed by atoms with E-state index in [0.717, 1.165) is 16.9 Å². The molecule has 0 saturated carbocycles. The largest absolute Gasteiger partial charge is 0.494 e. The molecule has 1 atom stereocenters. The van der Waals surface area contributed by atoms with Gasteiger partial charge in [0.05, 0.1) is 17.1 Å². The lowest BCUT2D eigenvalue weighted by Gasteiger charge is -2.17. The first-order chi connectivity index (χ1) is 9.65. The number of benzene rings is 2. The molecule has 0 spiro atoms. The molecule has 0 fully saturated rings. The Labute approximate surface area is 126 Å². The molecule has 106 valence electrons. The highest BCUT2D eigenvalue weighted by molar-refractivity contribution is 9.10. The summed E-state index contributed by atoms with van der Waals surface area (Å²) in [6.45, 7) is 2.55. The quantitative estimate of drug-likeness (QED) is 0.647. The van der Waals surface area contributed by atoms with E-state index in [4.69, 9.17) is 10.6 Å². The highest BCUT2D eigenvalue weighted by atomic mass is 79.9. The van der Waals surface area contributed by atoms with Gasteiger partial charge in [-0.15, -0.1) is 0 Å². The van der Waals surface area contributed by atoms with Crippen LogP contribution in [0.25, 0.3) is 0 Å². The van der Waals surface area contributed by atoms with Crippen LogP contribution >= 0.6 is 15.9 Å². The van der Waals surface area contributed by atoms with Gasteiger partial charge in [0, 0.05) is 0 Å². The molecular weight excluding hydrogens is 323 g/mol. The Morgan fingerprint density at radius 3 is 2.40 bits per heavy atom. The fourth-order valence-electron chi connectivity index (χ4n) is 2.00. The summed E-state index contributed by atoms with van der Waals surface area (Å²) in [6.07, 6.45) is 0. The van der Waals surface area contributed by atoms with Crippen molar-refractivity contribution in [1.29, 1.82) is 0 Å². The summed E-state index contributed by atoms with van der Waals surface area (Å²) >= 11 is 3.14. The van der Waals surface area contributed by atoms with Crippen molar-refractivity contribution in [1.82, 2.24) is 5.43 Å². The zero-order chi connectivity index (χ0) is 14.5. The van der Waals surface area contributed by atoms with Crippen LogP contribution in [-0.4, -0.2) is 6.61 Å². The molecule has 2 aromatic carbocycles. The van der Waals surface area contributed by atoms with Gasteiger partial charge in [0.1, 0.15) is 11.6 Å². The van der Waals surface area contributed by atoms with Crippen molar-refractivity contribution in [3.63, 3.8) is 0 Å². The second-order valence-corrected chi connectivity index (χ2v) is 5.13. The summed E-state index contributed by atoms with van der Waals surface area (Å²) in [5.74, 6) is 6.09. The fraction of sp³-hybridized carbons (Fsp3) is 0.200. The number of hydrazine groups is 1. The Morgan fingerprint density at radius 1 is 1.20 bits per heavy atom. The van der Waals surface area contributed by atoms with E-state index in [9.17, 15) is 4.39 Å². The molecule has 0 aliphatic rings. The maximum absolute atomic E-state index is 13.6. The average Bonchev–Trinajstić information content (AvgIpc) is 2.46. The number of halogens is 2. The average molecular weight is 339 g/mol. The zero-order valence-electron chi connectivity index (χ0n) is 11.1. The van der Waals surface area contributed by atoms with Crippen LogP contribution in [0.2, 0.25) is 0 Å². The number of rotatable bonds is 5. The van der Waals surface area contributed by atoms with Crippen molar-refractivity contribution in [3.05, 3.63) is 63.9 Å². The van der Waals surface area contributed by atoms with Crippen LogP contribution in [0.3, 0.4) is 0 Å². The minimum atomic E-state index is -0.311. The topological polar surface area (TPSA) is 47.3 Å². The van der Waals surface area contributed by atoms with Crippen LogP contribution in [0.4, 0.5) is 4.39 Å². The molecule has 2 rings (SSSR count). The predicted molar refractivity (Wildman–Crippen MR) is 80.9 cm³/mol. The molecule has 0 aliphatic carbocycles. The van der Waals surface area contributed by atoms with Gasteiger partial charge in [0.25, 0.3) is 0 Å². The first-order valence-corrected chi connectivity index (χ1v) is 7.08. The van der Waals surface area contributed by atoms with Gasteiger partial charge >= 0.3 is 0 Å². The first kappa shape index (κ1) is 15.0. The molecule has 0 heterocycles. The summed E-state index contributed by atoms with van der Waals surface area (Å²) in [5, 5.41) is 0. The van der Waals surface area contributed by atoms with Gasteiger partial charge in [-0.05, 0) is 58.2 Å². The van der Waals surface area contributed by atoms with Crippen LogP contribution in [0.1, 0.15) is 24.1 Å². The Kier molecular flexibility index (Phi) is 5.11. The maximum atomic E-state index is 13.6. The van der Waals surface area contributed by atoms with Crippen molar-refractivity contribution < 1.29 is 9.13 Å². The Bertz CT molecular complexity index is 575. The van der Waals surface area contributed by atoms with Gasteiger partial charge in [-0.3, -0.25) is 5.84 Å². The monoisotopic (exact) mass is 338 g/mol. The van der Waals surface area contributed by atoms with Crippen molar-refractivity contribution in [2.45, 2.75) is 13.0 Å². The Hall–Kier alpha value is -1.43. The second kappa shape index (κ2) is 6.83. The fourth-order valence-corrected chi connectivity index (χ4v) is 2.25. The van der Waals surface area contributed by atoms with Crippen LogP contribution in [-0.2, 0) is 0 Å². The minimum absolute atomic E-state index is 0.270. The van der Waals surface area contributed by atoms with Crippen molar-refractivity contribution in [3.8, 4) is 5.75 Å². The highest BCUT2D eigenvalue weighted by Crippen LogP contribution is 2.26. The molecular formula is C15H16BrFN2O. The minimum Gasteiger partial charge on any atom is -0.494 e. The van der Waals surface area contributed by atoms with Gasteiger partial charge < -0.3 is 4.74 Å². The number of hydrogen-bond donors (Lipinski definition) is 2. The van der Waals surface area contributed by atoms with Gasteiger partial charge in [-0.2, -0.15) is 0 Å². The molecule has 0 saturated heterocycles. The molecule has 1 unspecified atom stereocenters. The number of nitrogens with one attached hydrogen (secondary N) is 1. The van der Waals surface area contributed by atoms with E-state index in [2.05, 4.69) is 21.4 Å². The standard InChI is InChI=1S/C15H16BrFN2O/c1-2-20-12-6-3-10(4-7-12)15(19-18)11-5-8-13(16)14(17)9-11/h3-9,15,19H,2,18H2,1H3. The lowest BCUT2D eigenvalue weighted by Crippen LogP contribution is -2.28. The van der Waals surface area contributed by atoms with E-state index in [1.165, 1.54) is 6.07 Å². The Morgan fingerprint density at radius 2 is 1.85 bits per heavy atom. The number of hydrogen-bond acceptors (Lipinski definition) is 3. The molecule has 0 amide bonds. The summed E-state index contributed by atoms with van der Waals surface area (Å²) in [6, 6.07) is 12.3. The Balaban J connectivity index is 2.29. The molecule has 2 aromatic rings. The molecule has 3 N–H and O–H groups in total. The maximum Gasteiger partial charge on any atom is 0.137 e. The highest BCUT2D eigenvalue weighted by Gasteiger charge is 2.14. The normalized spacial score (nSPS) is 12.2. The summed E-state index contributed by atoms with van der Waals surface area (Å²) in [5.41, 5.74) is 4.41. The van der Waals surface area contributed by atoms with Crippen LogP contribution in [0, 0.1) is 5.82 Å². The number of nitrogens with two attached hydrogens (primary N) is 1. The van der Waals surface area contributed by atoms with E-state index >= 15 is 0 Å². The predicted octanol–water partition coefficient (Wildman–Crippen LogP) is 3.54. The van der Waals surface area contributed by atoms with E-state index < -0.39 is 0 Å². The molecule has 5 heteroatoms. The van der Waals surface area contributed by atoms with Crippen LogP contribution in [0.5, 0.6) is 5.75 Å². The van der Waals surface area contributed by atoms with E-state index in [1.807, 2.05) is 37.3 Å². The van der Waals surface area contributed by atoms with Gasteiger partial charge in [-0.25, -0.2) is 9.82 Å². The molecule has 0 bridgehead atoms. The summed E-state index contributed by atoms with van der Waals surface area (Å²) in [4.78, 5) is 0. The smallest absolute Gasteiger partial charge is 0.137 e. The second-order valence-electron chi connectivity index (χ2n) is 4.28. The zero-order valence-corrected chi connectivity index (χ0v) is 12.7. The molecule has 0 aromatic heterocycles. The van der Waals surface area contributed by atoms with Crippen LogP contribution in [0.15, 0.2) is 46.9 Å². The van der Waals surface area contributed by atoms with Gasteiger partial charge in [-0.1, -0.05) is 18.2 Å². The van der Waals surface area contributed by atoms with E-state index in [1.54, 1.807) is 6.07 Å². The van der Waals surface area contributed by atoms with Gasteiger partial charge in [0.2, 0.25) is 0 Å². The lowest BCUT2D eigenvalue weighted by atomic mass is 9.99. The van der Waals surface area contributed by atoms with Crippen molar-refractivity contribution in [2.75, 3.05) is 6.61 Å². The molecule has 0 radical (unpaired) electrons. The van der Waals surface area contributed by atoms with Crippen molar-refractivity contribution in [2.24, 2.45) is 5.84 Å². The first-order valence-electron chi connectivity index (χ1n) is 6.29. The van der Waals surface area contributed by atoms with E-state index in [-0.39, 0.29) is 11.9 Å². The van der Waals surface area contributed by atoms with Crippen molar-refractivity contribution >= 4 is 15.9 Å². The van der Waals surface area contributed by atoms with Gasteiger partial charge in [0.15, 0.2) is 0 Å². The SMILES string of the molecule is CCOc1ccc(C(NN)c2ccc(Br)c(F)c2)cc1. The summed E-state index contributed by atoms with van der Waals surface area (Å²) in [7, 11) is 0.